The molecule has 54 heavy (non-hydrogen) atoms. The van der Waals surface area contributed by atoms with Gasteiger partial charge in [-0.2, -0.15) is 11.8 Å². The van der Waals surface area contributed by atoms with Crippen molar-refractivity contribution in [3.8, 4) is 16.2 Å². The molecular formula is C41H57N5O6S2. The molecule has 2 aliphatic heterocycles. The number of likely N-dealkylation sites (tertiary alicyclic amines) is 1. The molecule has 1 unspecified atom stereocenters. The molecule has 1 aromatic heterocycles. The van der Waals surface area contributed by atoms with Crippen molar-refractivity contribution in [3.63, 3.8) is 0 Å². The lowest BCUT2D eigenvalue weighted by atomic mass is 9.95. The molecule has 0 spiro atoms. The number of piperazine rings is 1. The van der Waals surface area contributed by atoms with E-state index in [1.807, 2.05) is 61.5 Å². The average Bonchev–Trinajstić information content (AvgIpc) is 3.85. The Hall–Kier alpha value is -3.49. The van der Waals surface area contributed by atoms with Gasteiger partial charge in [0.05, 0.1) is 49.6 Å². The monoisotopic (exact) mass is 779 g/mol. The van der Waals surface area contributed by atoms with E-state index < -0.39 is 6.04 Å². The van der Waals surface area contributed by atoms with Crippen LogP contribution in [0.2, 0.25) is 0 Å². The fourth-order valence-corrected chi connectivity index (χ4v) is 8.71. The second-order valence-corrected chi connectivity index (χ2v) is 17.2. The lowest BCUT2D eigenvalue weighted by Crippen LogP contribution is -2.50. The number of carbonyl (C=O) groups excluding carboxylic acids is 3. The number of nitrogens with zero attached hydrogens (tertiary/aromatic N) is 4. The lowest BCUT2D eigenvalue weighted by molar-refractivity contribution is -0.141. The molecule has 0 radical (unpaired) electrons. The maximum Gasteiger partial charge on any atom is 0.254 e. The van der Waals surface area contributed by atoms with Crippen LogP contribution in [-0.2, 0) is 25.6 Å². The third-order valence-electron chi connectivity index (χ3n) is 10.6. The maximum atomic E-state index is 13.7. The summed E-state index contributed by atoms with van der Waals surface area (Å²) >= 11 is 3.35. The van der Waals surface area contributed by atoms with Crippen molar-refractivity contribution in [1.82, 2.24) is 25.0 Å². The molecule has 0 bridgehead atoms. The van der Waals surface area contributed by atoms with E-state index in [4.69, 9.17) is 14.2 Å². The number of carbonyl (C=O) groups is 3. The first-order valence-electron chi connectivity index (χ1n) is 19.0. The van der Waals surface area contributed by atoms with Crippen LogP contribution in [0.15, 0.2) is 48.0 Å². The molecule has 294 valence electrons. The molecule has 5 rings (SSSR count). The van der Waals surface area contributed by atoms with Gasteiger partial charge in [-0.15, -0.1) is 11.3 Å². The van der Waals surface area contributed by atoms with Crippen LogP contribution in [0.4, 0.5) is 0 Å². The van der Waals surface area contributed by atoms with E-state index >= 15 is 0 Å². The Labute approximate surface area is 329 Å². The van der Waals surface area contributed by atoms with Crippen LogP contribution in [0.3, 0.4) is 0 Å². The van der Waals surface area contributed by atoms with Crippen LogP contribution in [-0.4, -0.2) is 127 Å². The summed E-state index contributed by atoms with van der Waals surface area (Å²) < 4.78 is 16.7. The SMILES string of the molecule is COc1cc(C(=O)N2CCN(CCOCCOCCSC(C)(C)C(C)C(=O)N3CCC[C@H]3C(=O)NCc3ccc(-c4scnc4C)cc3)CC2)ccc1C. The van der Waals surface area contributed by atoms with Crippen molar-refractivity contribution in [1.29, 1.82) is 0 Å². The highest BCUT2D eigenvalue weighted by molar-refractivity contribution is 8.00. The third kappa shape index (κ3) is 11.1. The molecule has 2 aromatic carbocycles. The Kier molecular flexibility index (Phi) is 15.4. The zero-order valence-corrected chi connectivity index (χ0v) is 34.4. The number of hydrogen-bond donors (Lipinski definition) is 1. The summed E-state index contributed by atoms with van der Waals surface area (Å²) in [4.78, 5) is 51.4. The first-order chi connectivity index (χ1) is 26.0. The summed E-state index contributed by atoms with van der Waals surface area (Å²) in [6, 6.07) is 13.4. The van der Waals surface area contributed by atoms with Gasteiger partial charge in [0.15, 0.2) is 0 Å². The minimum Gasteiger partial charge on any atom is -0.496 e. The van der Waals surface area contributed by atoms with Gasteiger partial charge in [-0.1, -0.05) is 37.3 Å². The summed E-state index contributed by atoms with van der Waals surface area (Å²) in [5.74, 6) is 1.22. The van der Waals surface area contributed by atoms with Gasteiger partial charge in [-0.05, 0) is 69.4 Å². The second-order valence-electron chi connectivity index (χ2n) is 14.6. The van der Waals surface area contributed by atoms with Gasteiger partial charge in [0, 0.05) is 67.8 Å². The highest BCUT2D eigenvalue weighted by Crippen LogP contribution is 2.35. The van der Waals surface area contributed by atoms with Gasteiger partial charge in [0.1, 0.15) is 11.8 Å². The summed E-state index contributed by atoms with van der Waals surface area (Å²) in [6.45, 7) is 17.2. The van der Waals surface area contributed by atoms with Gasteiger partial charge >= 0.3 is 0 Å². The highest BCUT2D eigenvalue weighted by Gasteiger charge is 2.40. The number of benzene rings is 2. The van der Waals surface area contributed by atoms with Crippen LogP contribution >= 0.6 is 23.1 Å². The molecule has 2 saturated heterocycles. The van der Waals surface area contributed by atoms with Crippen LogP contribution < -0.4 is 10.1 Å². The zero-order chi connectivity index (χ0) is 38.7. The molecule has 2 aliphatic rings. The molecule has 1 N–H and O–H groups in total. The van der Waals surface area contributed by atoms with E-state index in [2.05, 4.69) is 41.2 Å². The second kappa shape index (κ2) is 19.9. The number of aryl methyl sites for hydroxylation is 2. The Morgan fingerprint density at radius 1 is 0.981 bits per heavy atom. The van der Waals surface area contributed by atoms with E-state index in [0.29, 0.717) is 64.6 Å². The molecule has 11 nitrogen and oxygen atoms in total. The highest BCUT2D eigenvalue weighted by atomic mass is 32.2. The molecule has 13 heteroatoms. The zero-order valence-electron chi connectivity index (χ0n) is 32.7. The van der Waals surface area contributed by atoms with Crippen LogP contribution in [0.5, 0.6) is 5.75 Å². The number of ether oxygens (including phenoxy) is 3. The van der Waals surface area contributed by atoms with Crippen molar-refractivity contribution in [2.45, 2.75) is 64.8 Å². The average molecular weight is 780 g/mol. The number of aromatic nitrogens is 1. The number of nitrogens with one attached hydrogen (secondary N) is 1. The van der Waals surface area contributed by atoms with E-state index in [1.165, 1.54) is 0 Å². The van der Waals surface area contributed by atoms with E-state index in [1.54, 1.807) is 35.1 Å². The number of thioether (sulfide) groups is 1. The predicted octanol–water partition coefficient (Wildman–Crippen LogP) is 5.68. The molecule has 2 fully saturated rings. The largest absolute Gasteiger partial charge is 0.496 e. The van der Waals surface area contributed by atoms with Gasteiger partial charge in [-0.3, -0.25) is 19.3 Å². The number of amides is 3. The summed E-state index contributed by atoms with van der Waals surface area (Å²) in [5, 5.41) is 3.07. The lowest BCUT2D eigenvalue weighted by Gasteiger charge is -2.35. The van der Waals surface area contributed by atoms with E-state index in [-0.39, 0.29) is 28.4 Å². The van der Waals surface area contributed by atoms with Crippen molar-refractivity contribution in [2.24, 2.45) is 5.92 Å². The van der Waals surface area contributed by atoms with Crippen molar-refractivity contribution < 1.29 is 28.6 Å². The predicted molar refractivity (Wildman–Crippen MR) is 216 cm³/mol. The van der Waals surface area contributed by atoms with Crippen LogP contribution in [0.25, 0.3) is 10.4 Å². The fourth-order valence-electron chi connectivity index (χ4n) is 6.82. The van der Waals surface area contributed by atoms with Crippen molar-refractivity contribution >= 4 is 40.8 Å². The van der Waals surface area contributed by atoms with E-state index in [9.17, 15) is 14.4 Å². The van der Waals surface area contributed by atoms with Gasteiger partial charge in [0.2, 0.25) is 11.8 Å². The number of thiazole rings is 1. The third-order valence-corrected chi connectivity index (χ3v) is 13.1. The number of methoxy groups -OCH3 is 1. The Morgan fingerprint density at radius 3 is 2.39 bits per heavy atom. The Bertz CT molecular complexity index is 1690. The summed E-state index contributed by atoms with van der Waals surface area (Å²) in [7, 11) is 1.62. The van der Waals surface area contributed by atoms with Crippen LogP contribution in [0, 0.1) is 19.8 Å². The minimum absolute atomic E-state index is 0.0312. The molecule has 3 amide bonds. The standard InChI is InChI=1S/C41H57N5O6S2/c1-29-9-12-34(26-36(29)50-6)40(49)45-18-16-44(17-19-45)20-21-51-22-23-52-24-25-54-41(4,5)30(2)39(48)46-15-7-8-35(46)38(47)42-27-32-10-13-33(14-11-32)37-31(3)43-28-53-37/h9-14,26,28,30,35H,7-8,15-25,27H2,1-6H3,(H,42,47)/t30?,35-/m0/s1. The fraction of sp³-hybridized carbons (Fsp3) is 0.561. The maximum absolute atomic E-state index is 13.7. The van der Waals surface area contributed by atoms with Gasteiger partial charge in [-0.25, -0.2) is 4.98 Å². The molecule has 3 heterocycles. The van der Waals surface area contributed by atoms with Crippen molar-refractivity contribution in [2.75, 3.05) is 78.6 Å². The topological polar surface area (TPSA) is 114 Å². The quantitative estimate of drug-likeness (QED) is 0.163. The Balaban J connectivity index is 0.927. The molecule has 0 saturated carbocycles. The number of rotatable bonds is 18. The summed E-state index contributed by atoms with van der Waals surface area (Å²) in [6.07, 6.45) is 1.51. The van der Waals surface area contributed by atoms with Gasteiger partial charge < -0.3 is 29.3 Å². The molecule has 3 aromatic rings. The smallest absolute Gasteiger partial charge is 0.254 e. The minimum atomic E-state index is -0.439. The van der Waals surface area contributed by atoms with E-state index in [0.717, 1.165) is 64.8 Å². The Morgan fingerprint density at radius 2 is 1.70 bits per heavy atom. The van der Waals surface area contributed by atoms with Crippen LogP contribution in [0.1, 0.15) is 60.8 Å². The molecule has 0 aliphatic carbocycles. The first-order valence-corrected chi connectivity index (χ1v) is 20.9. The normalized spacial score (nSPS) is 17.1. The molecular weight excluding hydrogens is 723 g/mol. The summed E-state index contributed by atoms with van der Waals surface area (Å²) in [5.41, 5.74) is 6.69. The first kappa shape index (κ1) is 41.7. The van der Waals surface area contributed by atoms with Gasteiger partial charge in [0.25, 0.3) is 5.91 Å². The molecule has 2 atom stereocenters. The number of hydrogen-bond acceptors (Lipinski definition) is 10. The van der Waals surface area contributed by atoms with Crippen molar-refractivity contribution in [3.05, 3.63) is 70.4 Å².